The van der Waals surface area contributed by atoms with Crippen LogP contribution in [0.15, 0.2) is 34.3 Å². The summed E-state index contributed by atoms with van der Waals surface area (Å²) in [5, 5.41) is 1.96. The predicted octanol–water partition coefficient (Wildman–Crippen LogP) is 3.26. The SMILES string of the molecule is C[C@@H]1CN(C(=O)c2cc(-c3ccco3)cs2)C[C@H](C)O1. The molecule has 1 amide bonds. The molecule has 2 aromatic heterocycles. The molecular weight excluding hydrogens is 274 g/mol. The predicted molar refractivity (Wildman–Crippen MR) is 77.9 cm³/mol. The maximum Gasteiger partial charge on any atom is 0.264 e. The summed E-state index contributed by atoms with van der Waals surface area (Å²) in [5.41, 5.74) is 0.956. The van der Waals surface area contributed by atoms with Crippen LogP contribution < -0.4 is 0 Å². The van der Waals surface area contributed by atoms with Crippen LogP contribution in [0.5, 0.6) is 0 Å². The van der Waals surface area contributed by atoms with Crippen LogP contribution in [0.3, 0.4) is 0 Å². The Hall–Kier alpha value is -1.59. The topological polar surface area (TPSA) is 42.7 Å². The first kappa shape index (κ1) is 13.4. The third kappa shape index (κ3) is 2.64. The van der Waals surface area contributed by atoms with Crippen molar-refractivity contribution in [1.82, 2.24) is 4.90 Å². The molecule has 0 spiro atoms. The van der Waals surface area contributed by atoms with Gasteiger partial charge in [0.1, 0.15) is 5.76 Å². The molecular formula is C15H17NO3S. The van der Waals surface area contributed by atoms with E-state index in [1.165, 1.54) is 11.3 Å². The minimum atomic E-state index is 0.0785. The number of morpholine rings is 1. The van der Waals surface area contributed by atoms with E-state index in [4.69, 9.17) is 9.15 Å². The summed E-state index contributed by atoms with van der Waals surface area (Å²) in [6.07, 6.45) is 1.82. The molecule has 5 heteroatoms. The van der Waals surface area contributed by atoms with Crippen LogP contribution in [0, 0.1) is 0 Å². The van der Waals surface area contributed by atoms with Gasteiger partial charge >= 0.3 is 0 Å². The van der Waals surface area contributed by atoms with Gasteiger partial charge < -0.3 is 14.1 Å². The first-order valence-electron chi connectivity index (χ1n) is 6.70. The fourth-order valence-electron chi connectivity index (χ4n) is 2.52. The molecule has 3 rings (SSSR count). The highest BCUT2D eigenvalue weighted by Crippen LogP contribution is 2.27. The molecule has 2 atom stereocenters. The van der Waals surface area contributed by atoms with Crippen molar-refractivity contribution in [2.45, 2.75) is 26.1 Å². The lowest BCUT2D eigenvalue weighted by Crippen LogP contribution is -2.48. The minimum absolute atomic E-state index is 0.0785. The van der Waals surface area contributed by atoms with Gasteiger partial charge in [0.15, 0.2) is 0 Å². The first-order valence-corrected chi connectivity index (χ1v) is 7.58. The van der Waals surface area contributed by atoms with Crippen LogP contribution in [0.25, 0.3) is 11.3 Å². The zero-order valence-electron chi connectivity index (χ0n) is 11.5. The van der Waals surface area contributed by atoms with Gasteiger partial charge in [-0.1, -0.05) is 0 Å². The highest BCUT2D eigenvalue weighted by Gasteiger charge is 2.27. The number of hydrogen-bond donors (Lipinski definition) is 0. The Morgan fingerprint density at radius 2 is 2.10 bits per heavy atom. The van der Waals surface area contributed by atoms with Crippen LogP contribution in [-0.4, -0.2) is 36.1 Å². The molecule has 0 N–H and O–H groups in total. The molecule has 3 heterocycles. The number of nitrogens with zero attached hydrogens (tertiary/aromatic N) is 1. The second kappa shape index (κ2) is 5.42. The van der Waals surface area contributed by atoms with Crippen LogP contribution in [0.2, 0.25) is 0 Å². The van der Waals surface area contributed by atoms with Gasteiger partial charge in [0, 0.05) is 24.0 Å². The van der Waals surface area contributed by atoms with Crippen molar-refractivity contribution in [1.29, 1.82) is 0 Å². The molecule has 0 bridgehead atoms. The van der Waals surface area contributed by atoms with Crippen LogP contribution in [-0.2, 0) is 4.74 Å². The van der Waals surface area contributed by atoms with Gasteiger partial charge in [0.25, 0.3) is 5.91 Å². The summed E-state index contributed by atoms with van der Waals surface area (Å²) in [6, 6.07) is 5.64. The van der Waals surface area contributed by atoms with E-state index in [9.17, 15) is 4.79 Å². The van der Waals surface area contributed by atoms with Crippen molar-refractivity contribution in [2.75, 3.05) is 13.1 Å². The van der Waals surface area contributed by atoms with Gasteiger partial charge in [-0.15, -0.1) is 11.3 Å². The zero-order chi connectivity index (χ0) is 14.1. The van der Waals surface area contributed by atoms with Crippen LogP contribution in [0.4, 0.5) is 0 Å². The van der Waals surface area contributed by atoms with E-state index in [0.29, 0.717) is 13.1 Å². The van der Waals surface area contributed by atoms with Crippen molar-refractivity contribution in [3.8, 4) is 11.3 Å². The fourth-order valence-corrected chi connectivity index (χ4v) is 3.38. The maximum atomic E-state index is 12.5. The Balaban J connectivity index is 1.77. The Kier molecular flexibility index (Phi) is 3.63. The van der Waals surface area contributed by atoms with E-state index >= 15 is 0 Å². The molecule has 0 aromatic carbocycles. The lowest BCUT2D eigenvalue weighted by Gasteiger charge is -2.35. The van der Waals surface area contributed by atoms with Gasteiger partial charge in [0.2, 0.25) is 0 Å². The summed E-state index contributed by atoms with van der Waals surface area (Å²) in [5.74, 6) is 0.874. The number of rotatable bonds is 2. The van der Waals surface area contributed by atoms with Gasteiger partial charge in [-0.2, -0.15) is 0 Å². The number of hydrogen-bond acceptors (Lipinski definition) is 4. The van der Waals surface area contributed by atoms with E-state index in [1.807, 2.05) is 42.3 Å². The van der Waals surface area contributed by atoms with Crippen molar-refractivity contribution >= 4 is 17.2 Å². The van der Waals surface area contributed by atoms with Gasteiger partial charge in [-0.05, 0) is 32.0 Å². The van der Waals surface area contributed by atoms with Gasteiger partial charge in [-0.25, -0.2) is 0 Å². The highest BCUT2D eigenvalue weighted by atomic mass is 32.1. The Bertz CT molecular complexity index is 580. The minimum Gasteiger partial charge on any atom is -0.464 e. The highest BCUT2D eigenvalue weighted by molar-refractivity contribution is 7.12. The summed E-state index contributed by atoms with van der Waals surface area (Å²) in [7, 11) is 0. The first-order chi connectivity index (χ1) is 9.63. The van der Waals surface area contributed by atoms with Crippen molar-refractivity contribution in [2.24, 2.45) is 0 Å². The summed E-state index contributed by atoms with van der Waals surface area (Å²) in [6.45, 7) is 5.30. The molecule has 20 heavy (non-hydrogen) atoms. The van der Waals surface area contributed by atoms with Gasteiger partial charge in [0.05, 0.1) is 23.3 Å². The van der Waals surface area contributed by atoms with Gasteiger partial charge in [-0.3, -0.25) is 4.79 Å². The molecule has 1 aliphatic rings. The number of carbonyl (C=O) groups is 1. The number of carbonyl (C=O) groups excluding carboxylic acids is 1. The normalized spacial score (nSPS) is 23.0. The second-order valence-electron chi connectivity index (χ2n) is 5.14. The van der Waals surface area contributed by atoms with E-state index in [1.54, 1.807) is 6.26 Å². The summed E-state index contributed by atoms with van der Waals surface area (Å²) >= 11 is 1.46. The number of thiophene rings is 1. The zero-order valence-corrected chi connectivity index (χ0v) is 12.4. The van der Waals surface area contributed by atoms with Crippen molar-refractivity contribution < 1.29 is 13.9 Å². The molecule has 106 valence electrons. The lowest BCUT2D eigenvalue weighted by molar-refractivity contribution is -0.0585. The third-order valence-corrected chi connectivity index (χ3v) is 4.24. The van der Waals surface area contributed by atoms with E-state index in [2.05, 4.69) is 0 Å². The molecule has 4 nitrogen and oxygen atoms in total. The second-order valence-corrected chi connectivity index (χ2v) is 6.06. The Morgan fingerprint density at radius 3 is 2.75 bits per heavy atom. The van der Waals surface area contributed by atoms with E-state index in [-0.39, 0.29) is 18.1 Å². The fraction of sp³-hybridized carbons (Fsp3) is 0.400. The molecule has 1 aliphatic heterocycles. The Morgan fingerprint density at radius 1 is 1.35 bits per heavy atom. The van der Waals surface area contributed by atoms with E-state index in [0.717, 1.165) is 16.2 Å². The molecule has 1 saturated heterocycles. The Labute approximate surface area is 122 Å². The molecule has 0 saturated carbocycles. The summed E-state index contributed by atoms with van der Waals surface area (Å²) < 4.78 is 11.0. The third-order valence-electron chi connectivity index (χ3n) is 3.32. The molecule has 0 unspecified atom stereocenters. The van der Waals surface area contributed by atoms with Crippen molar-refractivity contribution in [3.05, 3.63) is 34.7 Å². The average molecular weight is 291 g/mol. The van der Waals surface area contributed by atoms with Crippen LogP contribution >= 0.6 is 11.3 Å². The standard InChI is InChI=1S/C15H17NO3S/c1-10-7-16(8-11(2)19-10)15(17)14-6-12(9-20-14)13-4-3-5-18-13/h3-6,9-11H,7-8H2,1-2H3/t10-,11+. The number of amides is 1. The quantitative estimate of drug-likeness (QED) is 0.853. The average Bonchev–Trinajstić information content (AvgIpc) is 3.07. The number of ether oxygens (including phenoxy) is 1. The lowest BCUT2D eigenvalue weighted by atomic mass is 10.2. The smallest absolute Gasteiger partial charge is 0.264 e. The van der Waals surface area contributed by atoms with Crippen molar-refractivity contribution in [3.63, 3.8) is 0 Å². The molecule has 0 aliphatic carbocycles. The van der Waals surface area contributed by atoms with Crippen LogP contribution in [0.1, 0.15) is 23.5 Å². The molecule has 0 radical (unpaired) electrons. The largest absolute Gasteiger partial charge is 0.464 e. The monoisotopic (exact) mass is 291 g/mol. The van der Waals surface area contributed by atoms with E-state index < -0.39 is 0 Å². The number of furan rings is 1. The molecule has 2 aromatic rings. The summed E-state index contributed by atoms with van der Waals surface area (Å²) in [4.78, 5) is 15.1. The maximum absolute atomic E-state index is 12.5. The molecule has 1 fully saturated rings.